The molecule has 1 saturated heterocycles. The van der Waals surface area contributed by atoms with Gasteiger partial charge in [-0.3, -0.25) is 9.59 Å². The Morgan fingerprint density at radius 2 is 2.16 bits per heavy atom. The van der Waals surface area contributed by atoms with Gasteiger partial charge in [-0.05, 0) is 50.8 Å². The van der Waals surface area contributed by atoms with Gasteiger partial charge in [-0.2, -0.15) is 0 Å². The van der Waals surface area contributed by atoms with E-state index >= 15 is 0 Å². The molecule has 1 heterocycles. The molecule has 0 aliphatic carbocycles. The zero-order valence-electron chi connectivity index (χ0n) is 14.9. The van der Waals surface area contributed by atoms with E-state index in [4.69, 9.17) is 4.74 Å². The SMILES string of the molecule is CCCN(CC1CCCCO1)C(=O)CSc1ccc(C(C)=O)c(F)c1. The Morgan fingerprint density at radius 1 is 1.36 bits per heavy atom. The van der Waals surface area contributed by atoms with Crippen LogP contribution in [0.15, 0.2) is 23.1 Å². The minimum atomic E-state index is -0.536. The molecular weight excluding hydrogens is 341 g/mol. The summed E-state index contributed by atoms with van der Waals surface area (Å²) >= 11 is 1.30. The first-order valence-electron chi connectivity index (χ1n) is 8.84. The van der Waals surface area contributed by atoms with E-state index in [0.717, 1.165) is 32.3 Å². The lowest BCUT2D eigenvalue weighted by Gasteiger charge is -2.29. The molecule has 25 heavy (non-hydrogen) atoms. The van der Waals surface area contributed by atoms with E-state index in [1.54, 1.807) is 6.07 Å². The highest BCUT2D eigenvalue weighted by atomic mass is 32.2. The maximum absolute atomic E-state index is 13.9. The molecule has 1 aromatic rings. The van der Waals surface area contributed by atoms with Crippen LogP contribution in [0.1, 0.15) is 49.9 Å². The van der Waals surface area contributed by atoms with Gasteiger partial charge >= 0.3 is 0 Å². The largest absolute Gasteiger partial charge is 0.376 e. The number of Topliss-reactive ketones (excluding diaryl/α,β-unsaturated/α-hetero) is 1. The zero-order valence-corrected chi connectivity index (χ0v) is 15.7. The summed E-state index contributed by atoms with van der Waals surface area (Å²) in [5, 5.41) is 0. The molecule has 0 spiro atoms. The number of hydrogen-bond acceptors (Lipinski definition) is 4. The molecule has 0 bridgehead atoms. The van der Waals surface area contributed by atoms with Crippen molar-refractivity contribution in [2.75, 3.05) is 25.4 Å². The molecule has 138 valence electrons. The van der Waals surface area contributed by atoms with Gasteiger partial charge in [-0.25, -0.2) is 4.39 Å². The molecule has 1 atom stereocenters. The third kappa shape index (κ3) is 6.12. The van der Waals surface area contributed by atoms with Crippen LogP contribution in [0.5, 0.6) is 0 Å². The van der Waals surface area contributed by atoms with E-state index in [2.05, 4.69) is 0 Å². The number of benzene rings is 1. The van der Waals surface area contributed by atoms with E-state index < -0.39 is 5.82 Å². The second-order valence-electron chi connectivity index (χ2n) is 6.31. The van der Waals surface area contributed by atoms with Gasteiger partial charge in [-0.15, -0.1) is 11.8 Å². The number of ketones is 1. The monoisotopic (exact) mass is 367 g/mol. The highest BCUT2D eigenvalue weighted by Gasteiger charge is 2.21. The molecule has 1 aliphatic heterocycles. The first-order valence-corrected chi connectivity index (χ1v) is 9.82. The van der Waals surface area contributed by atoms with Crippen LogP contribution in [0, 0.1) is 5.82 Å². The van der Waals surface area contributed by atoms with Crippen molar-refractivity contribution in [2.45, 2.75) is 50.5 Å². The molecule has 6 heteroatoms. The summed E-state index contributed by atoms with van der Waals surface area (Å²) in [6.45, 7) is 5.49. The fraction of sp³-hybridized carbons (Fsp3) is 0.579. The van der Waals surface area contributed by atoms with Gasteiger partial charge in [0.1, 0.15) is 5.82 Å². The maximum Gasteiger partial charge on any atom is 0.233 e. The van der Waals surface area contributed by atoms with Crippen LogP contribution in [0.2, 0.25) is 0 Å². The number of carbonyl (C=O) groups excluding carboxylic acids is 2. The summed E-state index contributed by atoms with van der Waals surface area (Å²) in [6.07, 6.45) is 4.26. The second-order valence-corrected chi connectivity index (χ2v) is 7.36. The van der Waals surface area contributed by atoms with E-state index in [1.165, 1.54) is 30.8 Å². The number of halogens is 1. The van der Waals surface area contributed by atoms with Gasteiger partial charge in [-0.1, -0.05) is 6.92 Å². The zero-order chi connectivity index (χ0) is 18.2. The van der Waals surface area contributed by atoms with Crippen molar-refractivity contribution < 1.29 is 18.7 Å². The molecule has 1 aromatic carbocycles. The van der Waals surface area contributed by atoms with Crippen LogP contribution < -0.4 is 0 Å². The van der Waals surface area contributed by atoms with Crippen molar-refractivity contribution in [3.63, 3.8) is 0 Å². The summed E-state index contributed by atoms with van der Waals surface area (Å²) in [7, 11) is 0. The fourth-order valence-electron chi connectivity index (χ4n) is 2.89. The first-order chi connectivity index (χ1) is 12.0. The summed E-state index contributed by atoms with van der Waals surface area (Å²) in [5.41, 5.74) is 0.0812. The molecule has 0 radical (unpaired) electrons. The fourth-order valence-corrected chi connectivity index (χ4v) is 3.72. The Morgan fingerprint density at radius 3 is 2.76 bits per heavy atom. The smallest absolute Gasteiger partial charge is 0.233 e. The van der Waals surface area contributed by atoms with Gasteiger partial charge in [0.15, 0.2) is 5.78 Å². The van der Waals surface area contributed by atoms with Crippen molar-refractivity contribution in [1.82, 2.24) is 4.90 Å². The topological polar surface area (TPSA) is 46.6 Å². The van der Waals surface area contributed by atoms with Crippen molar-refractivity contribution >= 4 is 23.5 Å². The summed E-state index contributed by atoms with van der Waals surface area (Å²) < 4.78 is 19.6. The van der Waals surface area contributed by atoms with Crippen LogP contribution in [0.3, 0.4) is 0 Å². The van der Waals surface area contributed by atoms with Crippen LogP contribution >= 0.6 is 11.8 Å². The van der Waals surface area contributed by atoms with Crippen molar-refractivity contribution in [2.24, 2.45) is 0 Å². The van der Waals surface area contributed by atoms with E-state index in [-0.39, 0.29) is 29.1 Å². The molecule has 1 unspecified atom stereocenters. The van der Waals surface area contributed by atoms with Crippen molar-refractivity contribution in [3.05, 3.63) is 29.6 Å². The summed E-state index contributed by atoms with van der Waals surface area (Å²) in [5.74, 6) is -0.541. The number of carbonyl (C=O) groups is 2. The molecule has 0 N–H and O–H groups in total. The summed E-state index contributed by atoms with van der Waals surface area (Å²) in [6, 6.07) is 4.49. The predicted molar refractivity (Wildman–Crippen MR) is 97.6 cm³/mol. The van der Waals surface area contributed by atoms with Crippen molar-refractivity contribution in [3.8, 4) is 0 Å². The maximum atomic E-state index is 13.9. The van der Waals surface area contributed by atoms with E-state index in [0.29, 0.717) is 18.0 Å². The average Bonchev–Trinajstić information content (AvgIpc) is 2.60. The molecule has 2 rings (SSSR count). The lowest BCUT2D eigenvalue weighted by Crippen LogP contribution is -2.41. The number of rotatable bonds is 8. The second kappa shape index (κ2) is 9.92. The Labute approximate surface area is 153 Å². The Kier molecular flexibility index (Phi) is 7.90. The summed E-state index contributed by atoms with van der Waals surface area (Å²) in [4.78, 5) is 26.3. The van der Waals surface area contributed by atoms with E-state index in [9.17, 15) is 14.0 Å². The quantitative estimate of drug-likeness (QED) is 0.516. The molecule has 1 fully saturated rings. The standard InChI is InChI=1S/C19H26FNO3S/c1-3-9-21(12-15-6-4-5-10-24-15)19(23)13-25-16-7-8-17(14(2)22)18(20)11-16/h7-8,11,15H,3-6,9-10,12-13H2,1-2H3. The number of ether oxygens (including phenoxy) is 1. The normalized spacial score (nSPS) is 17.3. The van der Waals surface area contributed by atoms with Gasteiger partial charge in [0, 0.05) is 24.6 Å². The first kappa shape index (κ1) is 19.9. The number of hydrogen-bond donors (Lipinski definition) is 0. The average molecular weight is 367 g/mol. The van der Waals surface area contributed by atoms with Gasteiger partial charge < -0.3 is 9.64 Å². The molecular formula is C19H26FNO3S. The number of thioether (sulfide) groups is 1. The highest BCUT2D eigenvalue weighted by Crippen LogP contribution is 2.22. The van der Waals surface area contributed by atoms with Crippen molar-refractivity contribution in [1.29, 1.82) is 0 Å². The highest BCUT2D eigenvalue weighted by molar-refractivity contribution is 8.00. The molecule has 0 aromatic heterocycles. The van der Waals surface area contributed by atoms with Gasteiger partial charge in [0.25, 0.3) is 0 Å². The minimum absolute atomic E-state index is 0.0390. The van der Waals surface area contributed by atoms with Gasteiger partial charge in [0.2, 0.25) is 5.91 Å². The Balaban J connectivity index is 1.91. The Hall–Kier alpha value is -1.40. The predicted octanol–water partition coefficient (Wildman–Crippen LogP) is 3.93. The van der Waals surface area contributed by atoms with Gasteiger partial charge in [0.05, 0.1) is 17.4 Å². The molecule has 0 saturated carbocycles. The minimum Gasteiger partial charge on any atom is -0.376 e. The van der Waals surface area contributed by atoms with E-state index in [1.807, 2.05) is 11.8 Å². The number of nitrogens with zero attached hydrogens (tertiary/aromatic N) is 1. The molecule has 4 nitrogen and oxygen atoms in total. The Bertz CT molecular complexity index is 602. The lowest BCUT2D eigenvalue weighted by molar-refractivity contribution is -0.131. The molecule has 1 aliphatic rings. The van der Waals surface area contributed by atoms with Crippen LogP contribution in [0.4, 0.5) is 4.39 Å². The van der Waals surface area contributed by atoms with Crippen LogP contribution in [-0.4, -0.2) is 48.1 Å². The number of amides is 1. The third-order valence-corrected chi connectivity index (χ3v) is 5.20. The van der Waals surface area contributed by atoms with Crippen LogP contribution in [0.25, 0.3) is 0 Å². The third-order valence-electron chi connectivity index (χ3n) is 4.23. The van der Waals surface area contributed by atoms with Crippen LogP contribution in [-0.2, 0) is 9.53 Å². The lowest BCUT2D eigenvalue weighted by atomic mass is 10.1. The molecule has 1 amide bonds.